The largest absolute Gasteiger partial charge is 0.466 e. The molecule has 1 fully saturated rings. The van der Waals surface area contributed by atoms with E-state index in [2.05, 4.69) is 5.32 Å². The lowest BCUT2D eigenvalue weighted by Crippen LogP contribution is -2.48. The van der Waals surface area contributed by atoms with Gasteiger partial charge in [0.15, 0.2) is 5.78 Å². The summed E-state index contributed by atoms with van der Waals surface area (Å²) in [7, 11) is 0. The Kier molecular flexibility index (Phi) is 6.70. The molecule has 1 heterocycles. The molecule has 0 radical (unpaired) electrons. The van der Waals surface area contributed by atoms with Gasteiger partial charge in [0.2, 0.25) is 5.91 Å². The van der Waals surface area contributed by atoms with Gasteiger partial charge in [-0.25, -0.2) is 0 Å². The van der Waals surface area contributed by atoms with E-state index in [0.717, 1.165) is 19.4 Å². The molecule has 1 N–H and O–H groups in total. The number of rotatable bonds is 6. The second kappa shape index (κ2) is 8.76. The number of esters is 1. The lowest BCUT2D eigenvalue weighted by atomic mass is 9.97. The minimum absolute atomic E-state index is 0.0936. The summed E-state index contributed by atoms with van der Waals surface area (Å²) in [5.74, 6) is -0.655. The zero-order valence-corrected chi connectivity index (χ0v) is 15.1. The number of anilines is 1. The van der Waals surface area contributed by atoms with Crippen LogP contribution in [0.2, 0.25) is 0 Å². The maximum Gasteiger partial charge on any atom is 0.310 e. The zero-order chi connectivity index (χ0) is 18.4. The van der Waals surface area contributed by atoms with Crippen molar-refractivity contribution in [3.63, 3.8) is 0 Å². The molecule has 1 aliphatic rings. The fourth-order valence-electron chi connectivity index (χ4n) is 3.11. The minimum Gasteiger partial charge on any atom is -0.466 e. The van der Waals surface area contributed by atoms with Crippen LogP contribution in [0.15, 0.2) is 24.3 Å². The highest BCUT2D eigenvalue weighted by Crippen LogP contribution is 2.21. The van der Waals surface area contributed by atoms with Crippen LogP contribution < -0.4 is 5.32 Å². The molecular weight excluding hydrogens is 320 g/mol. The average molecular weight is 346 g/mol. The van der Waals surface area contributed by atoms with Crippen LogP contribution in [-0.4, -0.2) is 48.3 Å². The fourth-order valence-corrected chi connectivity index (χ4v) is 3.11. The maximum atomic E-state index is 12.6. The number of amides is 1. The predicted octanol–water partition coefficient (Wildman–Crippen LogP) is 2.49. The first-order valence-corrected chi connectivity index (χ1v) is 8.75. The van der Waals surface area contributed by atoms with Gasteiger partial charge in [-0.05, 0) is 52.3 Å². The Morgan fingerprint density at radius 3 is 2.72 bits per heavy atom. The molecule has 0 saturated carbocycles. The number of nitrogens with one attached hydrogen (secondary N) is 1. The molecular formula is C19H26N2O4. The van der Waals surface area contributed by atoms with Crippen molar-refractivity contribution >= 4 is 23.3 Å². The molecule has 1 saturated heterocycles. The molecule has 1 aromatic carbocycles. The number of para-hydroxylation sites is 1. The van der Waals surface area contributed by atoms with Gasteiger partial charge in [-0.3, -0.25) is 19.3 Å². The number of Topliss-reactive ketones (excluding diaryl/α,β-unsaturated/α-hetero) is 1. The second-order valence-corrected chi connectivity index (χ2v) is 6.35. The van der Waals surface area contributed by atoms with E-state index in [9.17, 15) is 14.4 Å². The molecule has 25 heavy (non-hydrogen) atoms. The van der Waals surface area contributed by atoms with Crippen LogP contribution in [0.3, 0.4) is 0 Å². The van der Waals surface area contributed by atoms with Gasteiger partial charge in [0.25, 0.3) is 0 Å². The van der Waals surface area contributed by atoms with Gasteiger partial charge in [0.1, 0.15) is 0 Å². The molecule has 0 bridgehead atoms. The van der Waals surface area contributed by atoms with Crippen molar-refractivity contribution in [3.05, 3.63) is 29.8 Å². The molecule has 1 amide bonds. The van der Waals surface area contributed by atoms with Crippen molar-refractivity contribution in [2.24, 2.45) is 5.92 Å². The first kappa shape index (κ1) is 19.1. The summed E-state index contributed by atoms with van der Waals surface area (Å²) in [6.45, 7) is 6.73. The first-order chi connectivity index (χ1) is 11.9. The van der Waals surface area contributed by atoms with Crippen LogP contribution in [0, 0.1) is 5.92 Å². The number of piperidine rings is 1. The average Bonchev–Trinajstić information content (AvgIpc) is 2.61. The van der Waals surface area contributed by atoms with E-state index in [1.807, 2.05) is 11.8 Å². The molecule has 1 aromatic rings. The van der Waals surface area contributed by atoms with Crippen molar-refractivity contribution in [2.45, 2.75) is 39.7 Å². The summed E-state index contributed by atoms with van der Waals surface area (Å²) in [4.78, 5) is 38.3. The maximum absolute atomic E-state index is 12.6. The highest BCUT2D eigenvalue weighted by molar-refractivity contribution is 6.04. The molecule has 1 aliphatic heterocycles. The van der Waals surface area contributed by atoms with Crippen molar-refractivity contribution in [3.8, 4) is 0 Å². The van der Waals surface area contributed by atoms with Crippen LogP contribution in [0.1, 0.15) is 44.0 Å². The molecule has 6 heteroatoms. The SMILES string of the molecule is CCOC(=O)[C@@H]1CCCN([C@@H](C)C(=O)Nc2ccccc2C(C)=O)C1. The quantitative estimate of drug-likeness (QED) is 0.633. The number of hydrogen-bond donors (Lipinski definition) is 1. The lowest BCUT2D eigenvalue weighted by molar-refractivity contribution is -0.150. The lowest BCUT2D eigenvalue weighted by Gasteiger charge is -2.35. The van der Waals surface area contributed by atoms with Gasteiger partial charge in [-0.1, -0.05) is 12.1 Å². The molecule has 2 rings (SSSR count). The second-order valence-electron chi connectivity index (χ2n) is 6.35. The van der Waals surface area contributed by atoms with E-state index in [1.165, 1.54) is 6.92 Å². The van der Waals surface area contributed by atoms with Gasteiger partial charge in [-0.2, -0.15) is 0 Å². The number of carbonyl (C=O) groups excluding carboxylic acids is 3. The summed E-state index contributed by atoms with van der Waals surface area (Å²) in [5.41, 5.74) is 1.01. The monoisotopic (exact) mass is 346 g/mol. The molecule has 0 aromatic heterocycles. The van der Waals surface area contributed by atoms with Crippen LogP contribution >= 0.6 is 0 Å². The summed E-state index contributed by atoms with van der Waals surface area (Å²) < 4.78 is 5.10. The normalized spacial score (nSPS) is 19.1. The molecule has 0 spiro atoms. The Morgan fingerprint density at radius 1 is 1.32 bits per heavy atom. The summed E-state index contributed by atoms with van der Waals surface area (Å²) in [6.07, 6.45) is 1.64. The molecule has 0 unspecified atom stereocenters. The third-order valence-electron chi connectivity index (χ3n) is 4.56. The highest BCUT2D eigenvalue weighted by atomic mass is 16.5. The smallest absolute Gasteiger partial charge is 0.310 e. The van der Waals surface area contributed by atoms with Crippen molar-refractivity contribution < 1.29 is 19.1 Å². The number of likely N-dealkylation sites (tertiary alicyclic amines) is 1. The van der Waals surface area contributed by atoms with Gasteiger partial charge in [0.05, 0.1) is 24.3 Å². The molecule has 2 atom stereocenters. The predicted molar refractivity (Wildman–Crippen MR) is 95.5 cm³/mol. The number of nitrogens with zero attached hydrogens (tertiary/aromatic N) is 1. The first-order valence-electron chi connectivity index (χ1n) is 8.75. The van der Waals surface area contributed by atoms with E-state index < -0.39 is 6.04 Å². The standard InChI is InChI=1S/C19H26N2O4/c1-4-25-19(24)15-8-7-11-21(12-15)13(2)18(23)20-17-10-6-5-9-16(17)14(3)22/h5-6,9-10,13,15H,4,7-8,11-12H2,1-3H3,(H,20,23)/t13-,15+/m0/s1. The summed E-state index contributed by atoms with van der Waals surface area (Å²) in [5, 5.41) is 2.84. The number of ketones is 1. The zero-order valence-electron chi connectivity index (χ0n) is 15.1. The topological polar surface area (TPSA) is 75.7 Å². The van der Waals surface area contributed by atoms with Gasteiger partial charge < -0.3 is 10.1 Å². The van der Waals surface area contributed by atoms with E-state index in [0.29, 0.717) is 24.4 Å². The van der Waals surface area contributed by atoms with Crippen LogP contribution in [0.4, 0.5) is 5.69 Å². The van der Waals surface area contributed by atoms with E-state index in [-0.39, 0.29) is 23.6 Å². The van der Waals surface area contributed by atoms with Crippen molar-refractivity contribution in [1.29, 1.82) is 0 Å². The number of hydrogen-bond acceptors (Lipinski definition) is 5. The van der Waals surface area contributed by atoms with Crippen molar-refractivity contribution in [1.82, 2.24) is 4.90 Å². The van der Waals surface area contributed by atoms with Crippen LogP contribution in [-0.2, 0) is 14.3 Å². The van der Waals surface area contributed by atoms with Gasteiger partial charge in [-0.15, -0.1) is 0 Å². The Labute approximate surface area is 148 Å². The minimum atomic E-state index is -0.391. The molecule has 6 nitrogen and oxygen atoms in total. The highest BCUT2D eigenvalue weighted by Gasteiger charge is 2.31. The van der Waals surface area contributed by atoms with E-state index in [1.54, 1.807) is 31.2 Å². The number of carbonyl (C=O) groups is 3. The van der Waals surface area contributed by atoms with Crippen LogP contribution in [0.5, 0.6) is 0 Å². The van der Waals surface area contributed by atoms with Crippen molar-refractivity contribution in [2.75, 3.05) is 25.0 Å². The van der Waals surface area contributed by atoms with E-state index in [4.69, 9.17) is 4.74 Å². The summed E-state index contributed by atoms with van der Waals surface area (Å²) in [6, 6.07) is 6.57. The summed E-state index contributed by atoms with van der Waals surface area (Å²) >= 11 is 0. The molecule has 136 valence electrons. The Hall–Kier alpha value is -2.21. The van der Waals surface area contributed by atoms with Crippen LogP contribution in [0.25, 0.3) is 0 Å². The molecule has 0 aliphatic carbocycles. The third kappa shape index (κ3) is 4.89. The third-order valence-corrected chi connectivity index (χ3v) is 4.56. The van der Waals surface area contributed by atoms with E-state index >= 15 is 0 Å². The number of benzene rings is 1. The fraction of sp³-hybridized carbons (Fsp3) is 0.526. The number of ether oxygens (including phenoxy) is 1. The Balaban J connectivity index is 2.02. The van der Waals surface area contributed by atoms with Gasteiger partial charge >= 0.3 is 5.97 Å². The Morgan fingerprint density at radius 2 is 2.04 bits per heavy atom. The Bertz CT molecular complexity index is 644. The van der Waals surface area contributed by atoms with Gasteiger partial charge in [0, 0.05) is 12.1 Å².